The van der Waals surface area contributed by atoms with Crippen LogP contribution in [0.15, 0.2) is 0 Å². The first-order chi connectivity index (χ1) is 32.4. The molecule has 0 aliphatic carbocycles. The molecule has 0 saturated carbocycles. The number of aliphatic hydroxyl groups excluding tert-OH is 16. The summed E-state index contributed by atoms with van der Waals surface area (Å²) in [7, 11) is 0. The Balaban J connectivity index is 1.36. The molecule has 5 rings (SSSR count). The van der Waals surface area contributed by atoms with Gasteiger partial charge in [0, 0.05) is 20.3 Å². The topological polar surface area (TPSA) is 511 Å². The van der Waals surface area contributed by atoms with Crippen LogP contribution >= 0.6 is 0 Å². The Bertz CT molecular complexity index is 1670. The molecule has 0 aromatic carbocycles. The second-order valence-corrected chi connectivity index (χ2v) is 16.9. The molecule has 32 heteroatoms. The number of carbonyl (C=O) groups is 3. The molecular weight excluding hydrogens is 952 g/mol. The van der Waals surface area contributed by atoms with E-state index in [0.717, 1.165) is 13.8 Å². The third-order valence-corrected chi connectivity index (χ3v) is 12.0. The summed E-state index contributed by atoms with van der Waals surface area (Å²) in [6.45, 7) is -3.12. The quantitative estimate of drug-likeness (QED) is 0.0422. The lowest BCUT2D eigenvalue weighted by molar-refractivity contribution is -0.451. The monoisotopic (exact) mass is 1010 g/mol. The lowest BCUT2D eigenvalue weighted by Crippen LogP contribution is -2.70. The van der Waals surface area contributed by atoms with E-state index in [9.17, 15) is 101 Å². The molecule has 19 N–H and O–H groups in total. The van der Waals surface area contributed by atoms with Crippen molar-refractivity contribution in [2.24, 2.45) is 0 Å². The SMILES string of the molecule is CC(=O)N[C@H]1[C@H](O[C@H]2[C@@H](O)[C@@H](CO)O[C@@H](O[C@H]3[C@H](O)[C@@H](O)C(O)O[C@@H]3CO)[C@@H]2O)O[C@H](CO)[C@@H](O)[C@@H]1O[C@@H]1O[C@H](COO[C@]2(C(=O)O)C[C@H](O)[C@@H](NC(C)=O)[C@H]([C@H](O)[C@H](O)CO)O2)[C@H](O)[C@H](O)[C@H]1O. The smallest absolute Gasteiger partial charge is 0.367 e. The van der Waals surface area contributed by atoms with E-state index < -0.39 is 216 Å². The zero-order valence-corrected chi connectivity index (χ0v) is 36.6. The molecular formula is C37H62N2O30. The standard InChI is InChI=1S/C37H62N2O30/c1-9(44)38-17-11(46)3-37(36(58)59,68-30(17)19(48)12(47)4-40)69-60-8-16-20(49)23(52)26(55)34(64-16)66-29-18(39-10(2)45)33(62-13(5-41)21(29)50)67-31-22(51)14(6-42)63-35(27(31)56)65-28-15(7-43)61-32(57)25(54)24(28)53/h11-35,40-43,46-57H,3-8H2,1-2H3,(H,38,44)(H,39,45)(H,58,59)/t11-,12+,13+,14+,15+,16+,17+,18+,19+,20-,21+,22-,23-,24+,25+,26+,27+,28+,29+,30+,31-,32?,33-,34-,35-,37-/m0/s1. The molecule has 1 unspecified atom stereocenters. The van der Waals surface area contributed by atoms with E-state index in [1.807, 2.05) is 0 Å². The fraction of sp³-hybridized carbons (Fsp3) is 0.919. The van der Waals surface area contributed by atoms with Gasteiger partial charge in [-0.15, -0.1) is 0 Å². The molecule has 0 aromatic rings. The first-order valence-electron chi connectivity index (χ1n) is 21.4. The van der Waals surface area contributed by atoms with Crippen molar-refractivity contribution in [3.05, 3.63) is 0 Å². The average molecular weight is 1010 g/mol. The van der Waals surface area contributed by atoms with Crippen LogP contribution in [0.3, 0.4) is 0 Å². The van der Waals surface area contributed by atoms with Crippen LogP contribution in [-0.2, 0) is 62.1 Å². The van der Waals surface area contributed by atoms with Crippen LogP contribution in [0.2, 0.25) is 0 Å². The van der Waals surface area contributed by atoms with Crippen molar-refractivity contribution < 1.29 is 149 Å². The van der Waals surface area contributed by atoms with E-state index >= 15 is 0 Å². The van der Waals surface area contributed by atoms with Gasteiger partial charge in [-0.2, -0.15) is 4.89 Å². The number of ether oxygens (including phenoxy) is 8. The van der Waals surface area contributed by atoms with Gasteiger partial charge < -0.3 is 135 Å². The second kappa shape index (κ2) is 24.4. The maximum atomic E-state index is 12.6. The number of aliphatic carboxylic acids is 1. The Hall–Kier alpha value is -2.63. The Kier molecular flexibility index (Phi) is 20.2. The number of hydrogen-bond acceptors (Lipinski definition) is 29. The van der Waals surface area contributed by atoms with E-state index in [1.165, 1.54) is 0 Å². The molecule has 5 heterocycles. The van der Waals surface area contributed by atoms with Gasteiger partial charge in [0.05, 0.1) is 38.6 Å². The fourth-order valence-electron chi connectivity index (χ4n) is 8.33. The Labute approximate surface area is 389 Å². The predicted octanol–water partition coefficient (Wildman–Crippen LogP) is -12.5. The normalized spacial score (nSPS) is 46.1. The summed E-state index contributed by atoms with van der Waals surface area (Å²) < 4.78 is 44.7. The maximum absolute atomic E-state index is 12.6. The molecule has 0 aromatic heterocycles. The van der Waals surface area contributed by atoms with E-state index in [2.05, 4.69) is 10.6 Å². The lowest BCUT2D eigenvalue weighted by atomic mass is 9.88. The van der Waals surface area contributed by atoms with Crippen LogP contribution in [0.1, 0.15) is 20.3 Å². The number of amides is 2. The highest BCUT2D eigenvalue weighted by atomic mass is 17.2. The van der Waals surface area contributed by atoms with Gasteiger partial charge in [0.25, 0.3) is 0 Å². The number of rotatable bonds is 19. The van der Waals surface area contributed by atoms with E-state index in [0.29, 0.717) is 0 Å². The van der Waals surface area contributed by atoms with E-state index in [-0.39, 0.29) is 0 Å². The molecule has 69 heavy (non-hydrogen) atoms. The summed E-state index contributed by atoms with van der Waals surface area (Å²) in [6, 6.07) is -3.39. The molecule has 0 bridgehead atoms. The summed E-state index contributed by atoms with van der Waals surface area (Å²) in [5, 5.41) is 183. The van der Waals surface area contributed by atoms with Crippen molar-refractivity contribution in [1.29, 1.82) is 0 Å². The molecule has 0 radical (unpaired) electrons. The van der Waals surface area contributed by atoms with E-state index in [1.54, 1.807) is 0 Å². The number of carbonyl (C=O) groups excluding carboxylic acids is 2. The summed E-state index contributed by atoms with van der Waals surface area (Å²) in [5.41, 5.74) is 0. The number of hydrogen-bond donors (Lipinski definition) is 19. The predicted molar refractivity (Wildman–Crippen MR) is 208 cm³/mol. The van der Waals surface area contributed by atoms with Gasteiger partial charge in [-0.1, -0.05) is 0 Å². The Morgan fingerprint density at radius 3 is 1.68 bits per heavy atom. The molecule has 32 nitrogen and oxygen atoms in total. The summed E-state index contributed by atoms with van der Waals surface area (Å²) >= 11 is 0. The highest BCUT2D eigenvalue weighted by Crippen LogP contribution is 2.37. The largest absolute Gasteiger partial charge is 0.477 e. The van der Waals surface area contributed by atoms with Gasteiger partial charge in [0.1, 0.15) is 123 Å². The first-order valence-corrected chi connectivity index (χ1v) is 21.4. The van der Waals surface area contributed by atoms with Crippen LogP contribution < -0.4 is 10.6 Å². The average Bonchev–Trinajstić information content (AvgIpc) is 3.30. The highest BCUT2D eigenvalue weighted by molar-refractivity contribution is 5.76. The van der Waals surface area contributed by atoms with Gasteiger partial charge in [-0.25, -0.2) is 9.68 Å². The number of carboxylic acids is 1. The fourth-order valence-corrected chi connectivity index (χ4v) is 8.33. The second-order valence-electron chi connectivity index (χ2n) is 16.9. The number of carboxylic acid groups (broad SMARTS) is 1. The van der Waals surface area contributed by atoms with Gasteiger partial charge in [0.15, 0.2) is 25.2 Å². The van der Waals surface area contributed by atoms with Crippen LogP contribution in [-0.4, -0.2) is 297 Å². The molecule has 5 saturated heterocycles. The van der Waals surface area contributed by atoms with Crippen molar-refractivity contribution in [2.45, 2.75) is 179 Å². The molecule has 5 aliphatic rings. The molecule has 0 spiro atoms. The maximum Gasteiger partial charge on any atom is 0.367 e. The molecule has 400 valence electrons. The van der Waals surface area contributed by atoms with Crippen molar-refractivity contribution >= 4 is 17.8 Å². The summed E-state index contributed by atoms with van der Waals surface area (Å²) in [5.74, 6) is -6.73. The van der Waals surface area contributed by atoms with Crippen molar-refractivity contribution in [3.8, 4) is 0 Å². The minimum atomic E-state index is -3.05. The molecule has 5 aliphatic heterocycles. The van der Waals surface area contributed by atoms with Crippen LogP contribution in [0.5, 0.6) is 0 Å². The third kappa shape index (κ3) is 12.6. The van der Waals surface area contributed by atoms with Crippen molar-refractivity contribution in [1.82, 2.24) is 10.6 Å². The molecule has 26 atom stereocenters. The first kappa shape index (κ1) is 57.3. The van der Waals surface area contributed by atoms with Gasteiger partial charge >= 0.3 is 11.8 Å². The van der Waals surface area contributed by atoms with Crippen molar-refractivity contribution in [2.75, 3.05) is 33.0 Å². The minimum Gasteiger partial charge on any atom is -0.477 e. The van der Waals surface area contributed by atoms with Crippen molar-refractivity contribution in [3.63, 3.8) is 0 Å². The van der Waals surface area contributed by atoms with Gasteiger partial charge in [0.2, 0.25) is 11.8 Å². The Morgan fingerprint density at radius 2 is 1.12 bits per heavy atom. The zero-order chi connectivity index (χ0) is 51.4. The van der Waals surface area contributed by atoms with Gasteiger partial charge in [-0.05, 0) is 0 Å². The minimum absolute atomic E-state index is 0.782. The van der Waals surface area contributed by atoms with E-state index in [4.69, 9.17) is 47.7 Å². The zero-order valence-electron chi connectivity index (χ0n) is 36.6. The number of aliphatic hydroxyl groups is 16. The molecule has 2 amide bonds. The lowest BCUT2D eigenvalue weighted by Gasteiger charge is -2.50. The Morgan fingerprint density at radius 1 is 0.594 bits per heavy atom. The van der Waals surface area contributed by atoms with Crippen LogP contribution in [0, 0.1) is 0 Å². The summed E-state index contributed by atoms with van der Waals surface area (Å²) in [4.78, 5) is 47.1. The number of nitrogens with one attached hydrogen (secondary N) is 2. The molecule has 5 fully saturated rings. The summed E-state index contributed by atoms with van der Waals surface area (Å²) in [6.07, 6.45) is -46.4. The third-order valence-electron chi connectivity index (χ3n) is 12.0. The van der Waals surface area contributed by atoms with Crippen LogP contribution in [0.25, 0.3) is 0 Å². The van der Waals surface area contributed by atoms with Crippen LogP contribution in [0.4, 0.5) is 0 Å². The van der Waals surface area contributed by atoms with Gasteiger partial charge in [-0.3, -0.25) is 9.59 Å². The highest BCUT2D eigenvalue weighted by Gasteiger charge is 2.59.